The lowest BCUT2D eigenvalue weighted by atomic mass is 10.1. The van der Waals surface area contributed by atoms with E-state index in [0.717, 1.165) is 25.2 Å². The fourth-order valence-electron chi connectivity index (χ4n) is 2.94. The number of nitrogens with zero attached hydrogens (tertiary/aromatic N) is 3. The van der Waals surface area contributed by atoms with Gasteiger partial charge in [0, 0.05) is 44.8 Å². The van der Waals surface area contributed by atoms with Crippen LogP contribution in [0.1, 0.15) is 19.4 Å². The first-order valence-corrected chi connectivity index (χ1v) is 7.31. The maximum Gasteiger partial charge on any atom is 0.292 e. The number of hydrogen-bond acceptors (Lipinski definition) is 5. The quantitative estimate of drug-likeness (QED) is 0.680. The van der Waals surface area contributed by atoms with Gasteiger partial charge >= 0.3 is 0 Å². The number of nitro groups is 1. The molecule has 0 amide bonds. The average Bonchev–Trinajstić information content (AvgIpc) is 2.44. The zero-order valence-electron chi connectivity index (χ0n) is 13.2. The summed E-state index contributed by atoms with van der Waals surface area (Å²) in [6.45, 7) is 7.34. The van der Waals surface area contributed by atoms with Crippen LogP contribution in [0.5, 0.6) is 0 Å². The van der Waals surface area contributed by atoms with Crippen molar-refractivity contribution < 1.29 is 4.92 Å². The maximum absolute atomic E-state index is 11.0. The SMILES string of the molecule is CNc1cc(CN2CC(C)N(C)C(C)C2)ccc1[N+](=O)[O-]. The Morgan fingerprint density at radius 2 is 1.95 bits per heavy atom. The molecule has 1 heterocycles. The van der Waals surface area contributed by atoms with Crippen molar-refractivity contribution in [3.8, 4) is 0 Å². The first kappa shape index (κ1) is 15.7. The largest absolute Gasteiger partial charge is 0.383 e. The summed E-state index contributed by atoms with van der Waals surface area (Å²) in [7, 11) is 3.88. The standard InChI is InChI=1S/C15H24N4O2/c1-11-8-18(9-12(2)17(11)4)10-13-5-6-15(19(20)21)14(7-13)16-3/h5-7,11-12,16H,8-10H2,1-4H3. The van der Waals surface area contributed by atoms with Gasteiger partial charge in [0.1, 0.15) is 5.69 Å². The molecule has 0 radical (unpaired) electrons. The molecule has 6 nitrogen and oxygen atoms in total. The summed E-state index contributed by atoms with van der Waals surface area (Å²) in [6.07, 6.45) is 0. The van der Waals surface area contributed by atoms with Gasteiger partial charge in [-0.3, -0.25) is 19.9 Å². The lowest BCUT2D eigenvalue weighted by molar-refractivity contribution is -0.384. The second kappa shape index (κ2) is 6.41. The average molecular weight is 292 g/mol. The molecule has 2 rings (SSSR count). The number of anilines is 1. The molecule has 0 aromatic heterocycles. The van der Waals surface area contributed by atoms with Crippen LogP contribution >= 0.6 is 0 Å². The molecule has 1 N–H and O–H groups in total. The Hall–Kier alpha value is -1.66. The van der Waals surface area contributed by atoms with Gasteiger partial charge in [0.25, 0.3) is 5.69 Å². The van der Waals surface area contributed by atoms with Crippen LogP contribution in [0.15, 0.2) is 18.2 Å². The second-order valence-electron chi connectivity index (χ2n) is 5.92. The summed E-state index contributed by atoms with van der Waals surface area (Å²) < 4.78 is 0. The lowest BCUT2D eigenvalue weighted by Gasteiger charge is -2.42. The number of benzene rings is 1. The van der Waals surface area contributed by atoms with E-state index in [0.29, 0.717) is 17.8 Å². The van der Waals surface area contributed by atoms with Crippen LogP contribution in [-0.2, 0) is 6.54 Å². The Labute approximate surface area is 125 Å². The van der Waals surface area contributed by atoms with E-state index in [1.807, 2.05) is 12.1 Å². The summed E-state index contributed by atoms with van der Waals surface area (Å²) in [5, 5.41) is 13.9. The molecule has 2 unspecified atom stereocenters. The van der Waals surface area contributed by atoms with Crippen molar-refractivity contribution >= 4 is 11.4 Å². The highest BCUT2D eigenvalue weighted by atomic mass is 16.6. The normalized spacial score (nSPS) is 24.0. The molecule has 116 valence electrons. The molecule has 1 aromatic rings. The van der Waals surface area contributed by atoms with Crippen LogP contribution in [0.2, 0.25) is 0 Å². The van der Waals surface area contributed by atoms with Crippen molar-refractivity contribution in [2.45, 2.75) is 32.5 Å². The minimum Gasteiger partial charge on any atom is -0.383 e. The van der Waals surface area contributed by atoms with E-state index in [2.05, 4.69) is 36.0 Å². The van der Waals surface area contributed by atoms with Crippen molar-refractivity contribution in [2.75, 3.05) is 32.5 Å². The Bertz CT molecular complexity index is 508. The summed E-state index contributed by atoms with van der Waals surface area (Å²) in [6, 6.07) is 6.37. The monoisotopic (exact) mass is 292 g/mol. The molecule has 0 spiro atoms. The van der Waals surface area contributed by atoms with E-state index in [4.69, 9.17) is 0 Å². The van der Waals surface area contributed by atoms with Crippen LogP contribution in [0.4, 0.5) is 11.4 Å². The van der Waals surface area contributed by atoms with Gasteiger partial charge in [-0.15, -0.1) is 0 Å². The molecule has 0 aliphatic carbocycles. The third-order valence-electron chi connectivity index (χ3n) is 4.37. The van der Waals surface area contributed by atoms with Gasteiger partial charge in [0.05, 0.1) is 4.92 Å². The van der Waals surface area contributed by atoms with E-state index in [-0.39, 0.29) is 10.6 Å². The topological polar surface area (TPSA) is 61.6 Å². The molecule has 1 aromatic carbocycles. The first-order valence-electron chi connectivity index (χ1n) is 7.31. The highest BCUT2D eigenvalue weighted by molar-refractivity contribution is 5.62. The third kappa shape index (κ3) is 3.51. The zero-order valence-corrected chi connectivity index (χ0v) is 13.2. The van der Waals surface area contributed by atoms with E-state index in [1.165, 1.54) is 0 Å². The Balaban J connectivity index is 2.11. The highest BCUT2D eigenvalue weighted by Gasteiger charge is 2.26. The van der Waals surface area contributed by atoms with Gasteiger partial charge in [0.2, 0.25) is 0 Å². The number of likely N-dealkylation sites (N-methyl/N-ethyl adjacent to an activating group) is 1. The number of rotatable bonds is 4. The van der Waals surface area contributed by atoms with E-state index in [9.17, 15) is 10.1 Å². The van der Waals surface area contributed by atoms with Crippen molar-refractivity contribution in [1.82, 2.24) is 9.80 Å². The molecule has 6 heteroatoms. The van der Waals surface area contributed by atoms with Crippen LogP contribution < -0.4 is 5.32 Å². The number of nitrogens with one attached hydrogen (secondary N) is 1. The fourth-order valence-corrected chi connectivity index (χ4v) is 2.94. The molecular weight excluding hydrogens is 268 g/mol. The summed E-state index contributed by atoms with van der Waals surface area (Å²) >= 11 is 0. The van der Waals surface area contributed by atoms with Crippen molar-refractivity contribution in [1.29, 1.82) is 0 Å². The molecule has 0 bridgehead atoms. The molecule has 0 saturated carbocycles. The Morgan fingerprint density at radius 3 is 2.48 bits per heavy atom. The fraction of sp³-hybridized carbons (Fsp3) is 0.600. The van der Waals surface area contributed by atoms with Gasteiger partial charge in [-0.1, -0.05) is 6.07 Å². The Kier molecular flexibility index (Phi) is 4.80. The van der Waals surface area contributed by atoms with Crippen molar-refractivity contribution in [3.05, 3.63) is 33.9 Å². The predicted molar refractivity (Wildman–Crippen MR) is 84.6 cm³/mol. The van der Waals surface area contributed by atoms with Crippen LogP contribution in [0.25, 0.3) is 0 Å². The summed E-state index contributed by atoms with van der Waals surface area (Å²) in [4.78, 5) is 15.4. The molecular formula is C15H24N4O2. The predicted octanol–water partition coefficient (Wildman–Crippen LogP) is 2.16. The molecule has 1 saturated heterocycles. The van der Waals surface area contributed by atoms with Gasteiger partial charge in [-0.05, 0) is 32.5 Å². The smallest absolute Gasteiger partial charge is 0.292 e. The van der Waals surface area contributed by atoms with Gasteiger partial charge in [-0.2, -0.15) is 0 Å². The van der Waals surface area contributed by atoms with E-state index in [1.54, 1.807) is 13.1 Å². The molecule has 1 aliphatic rings. The molecule has 2 atom stereocenters. The van der Waals surface area contributed by atoms with E-state index < -0.39 is 0 Å². The van der Waals surface area contributed by atoms with E-state index >= 15 is 0 Å². The number of piperazine rings is 1. The van der Waals surface area contributed by atoms with Crippen molar-refractivity contribution in [3.63, 3.8) is 0 Å². The zero-order chi connectivity index (χ0) is 15.6. The highest BCUT2D eigenvalue weighted by Crippen LogP contribution is 2.26. The van der Waals surface area contributed by atoms with Crippen LogP contribution in [-0.4, -0.2) is 54.0 Å². The maximum atomic E-state index is 11.0. The van der Waals surface area contributed by atoms with Gasteiger partial charge in [0.15, 0.2) is 0 Å². The molecule has 21 heavy (non-hydrogen) atoms. The summed E-state index contributed by atoms with van der Waals surface area (Å²) in [5.74, 6) is 0. The minimum atomic E-state index is -0.352. The molecule has 1 fully saturated rings. The first-order chi connectivity index (χ1) is 9.92. The van der Waals surface area contributed by atoms with Crippen LogP contribution in [0, 0.1) is 10.1 Å². The van der Waals surface area contributed by atoms with Crippen molar-refractivity contribution in [2.24, 2.45) is 0 Å². The van der Waals surface area contributed by atoms with Gasteiger partial charge in [-0.25, -0.2) is 0 Å². The number of hydrogen-bond donors (Lipinski definition) is 1. The second-order valence-corrected chi connectivity index (χ2v) is 5.92. The lowest BCUT2D eigenvalue weighted by Crippen LogP contribution is -2.54. The molecule has 1 aliphatic heterocycles. The summed E-state index contributed by atoms with van der Waals surface area (Å²) in [5.41, 5.74) is 1.81. The minimum absolute atomic E-state index is 0.126. The third-order valence-corrected chi connectivity index (χ3v) is 4.37. The van der Waals surface area contributed by atoms with Gasteiger partial charge < -0.3 is 5.32 Å². The Morgan fingerprint density at radius 1 is 1.33 bits per heavy atom. The van der Waals surface area contributed by atoms with Crippen LogP contribution in [0.3, 0.4) is 0 Å². The number of nitro benzene ring substituents is 1.